The molecule has 4 nitrogen and oxygen atoms in total. The molecule has 0 bridgehead atoms. The van der Waals surface area contributed by atoms with Crippen molar-refractivity contribution in [2.24, 2.45) is 0 Å². The molecule has 1 unspecified atom stereocenters. The minimum absolute atomic E-state index is 0.0271. The molecule has 1 aromatic carbocycles. The van der Waals surface area contributed by atoms with Crippen molar-refractivity contribution in [1.82, 2.24) is 4.31 Å². The van der Waals surface area contributed by atoms with Gasteiger partial charge in [0.25, 0.3) is 0 Å². The van der Waals surface area contributed by atoms with Crippen molar-refractivity contribution in [2.75, 3.05) is 6.54 Å². The fourth-order valence-electron chi connectivity index (χ4n) is 2.62. The molecule has 1 N–H and O–H groups in total. The molecule has 1 saturated heterocycles. The van der Waals surface area contributed by atoms with Crippen molar-refractivity contribution in [2.45, 2.75) is 50.2 Å². The molecule has 0 aliphatic carbocycles. The zero-order chi connectivity index (χ0) is 13.9. The Balaban J connectivity index is 2.40. The number of nitrogens with zero attached hydrogens (tertiary/aromatic N) is 1. The highest BCUT2D eigenvalue weighted by Crippen LogP contribution is 2.26. The summed E-state index contributed by atoms with van der Waals surface area (Å²) in [7, 11) is -3.50. The number of sulfonamides is 1. The highest BCUT2D eigenvalue weighted by Gasteiger charge is 2.31. The Morgan fingerprint density at radius 2 is 2.00 bits per heavy atom. The molecule has 0 aromatic heterocycles. The van der Waals surface area contributed by atoms with Crippen LogP contribution in [0.1, 0.15) is 38.2 Å². The van der Waals surface area contributed by atoms with Crippen LogP contribution in [0.5, 0.6) is 0 Å². The molecule has 5 heteroatoms. The second-order valence-corrected chi connectivity index (χ2v) is 6.94. The van der Waals surface area contributed by atoms with Gasteiger partial charge in [0.05, 0.1) is 11.5 Å². The van der Waals surface area contributed by atoms with Gasteiger partial charge in [0.15, 0.2) is 0 Å². The van der Waals surface area contributed by atoms with E-state index in [1.807, 2.05) is 6.92 Å². The summed E-state index contributed by atoms with van der Waals surface area (Å²) in [4.78, 5) is 0.242. The zero-order valence-corrected chi connectivity index (χ0v) is 12.1. The van der Waals surface area contributed by atoms with Crippen LogP contribution < -0.4 is 0 Å². The van der Waals surface area contributed by atoms with Crippen molar-refractivity contribution >= 4 is 10.0 Å². The van der Waals surface area contributed by atoms with Crippen LogP contribution in [0, 0.1) is 0 Å². The van der Waals surface area contributed by atoms with E-state index >= 15 is 0 Å². The molecule has 1 aromatic rings. The van der Waals surface area contributed by atoms with E-state index in [0.717, 1.165) is 25.7 Å². The Morgan fingerprint density at radius 1 is 1.26 bits per heavy atom. The average molecular weight is 283 g/mol. The lowest BCUT2D eigenvalue weighted by Crippen LogP contribution is -2.38. The fraction of sp³-hybridized carbons (Fsp3) is 0.571. The summed E-state index contributed by atoms with van der Waals surface area (Å²) >= 11 is 0. The number of rotatable bonds is 3. The van der Waals surface area contributed by atoms with E-state index < -0.39 is 10.0 Å². The summed E-state index contributed by atoms with van der Waals surface area (Å²) in [5.41, 5.74) is 0.471. The van der Waals surface area contributed by atoms with Gasteiger partial charge >= 0.3 is 0 Å². The summed E-state index contributed by atoms with van der Waals surface area (Å²) in [6.07, 6.45) is 3.97. The molecule has 0 radical (unpaired) electrons. The zero-order valence-electron chi connectivity index (χ0n) is 11.2. The predicted molar refractivity (Wildman–Crippen MR) is 74.2 cm³/mol. The van der Waals surface area contributed by atoms with Gasteiger partial charge in [-0.1, -0.05) is 31.0 Å². The topological polar surface area (TPSA) is 57.6 Å². The molecule has 1 aliphatic rings. The van der Waals surface area contributed by atoms with Gasteiger partial charge in [-0.05, 0) is 31.4 Å². The number of aliphatic hydroxyl groups is 1. The summed E-state index contributed by atoms with van der Waals surface area (Å²) in [5, 5.41) is 9.32. The van der Waals surface area contributed by atoms with E-state index in [9.17, 15) is 13.5 Å². The first-order valence-corrected chi connectivity index (χ1v) is 8.22. The Labute approximate surface area is 115 Å². The summed E-state index contributed by atoms with van der Waals surface area (Å²) in [6.45, 7) is 2.28. The fourth-order valence-corrected chi connectivity index (χ4v) is 4.53. The van der Waals surface area contributed by atoms with Crippen molar-refractivity contribution in [1.29, 1.82) is 0 Å². The van der Waals surface area contributed by atoms with Crippen molar-refractivity contribution in [3.63, 3.8) is 0 Å². The van der Waals surface area contributed by atoms with Crippen molar-refractivity contribution < 1.29 is 13.5 Å². The lowest BCUT2D eigenvalue weighted by Gasteiger charge is -2.27. The Hall–Kier alpha value is -0.910. The molecular formula is C14H21NO3S. The predicted octanol–water partition coefficient (Wildman–Crippen LogP) is 2.13. The Morgan fingerprint density at radius 3 is 2.74 bits per heavy atom. The van der Waals surface area contributed by atoms with Gasteiger partial charge in [-0.15, -0.1) is 0 Å². The van der Waals surface area contributed by atoms with E-state index in [2.05, 4.69) is 0 Å². The number of aliphatic hydroxyl groups excluding tert-OH is 1. The van der Waals surface area contributed by atoms with Gasteiger partial charge in [-0.25, -0.2) is 8.42 Å². The lowest BCUT2D eigenvalue weighted by atomic mass is 10.1. The van der Waals surface area contributed by atoms with Crippen LogP contribution in [0.2, 0.25) is 0 Å². The molecule has 106 valence electrons. The maximum atomic E-state index is 12.7. The monoisotopic (exact) mass is 283 g/mol. The van der Waals surface area contributed by atoms with E-state index in [4.69, 9.17) is 0 Å². The van der Waals surface area contributed by atoms with E-state index in [1.165, 1.54) is 0 Å². The van der Waals surface area contributed by atoms with Gasteiger partial charge in [-0.2, -0.15) is 4.31 Å². The largest absolute Gasteiger partial charge is 0.392 e. The maximum absolute atomic E-state index is 12.7. The van der Waals surface area contributed by atoms with Gasteiger partial charge in [0.1, 0.15) is 0 Å². The SMILES string of the molecule is CC1CCCCCN1S(=O)(=O)c1ccccc1CO. The third-order valence-electron chi connectivity index (χ3n) is 3.72. The number of hydrogen-bond donors (Lipinski definition) is 1. The minimum Gasteiger partial charge on any atom is -0.392 e. The van der Waals surface area contributed by atoms with Crippen LogP contribution in [0.3, 0.4) is 0 Å². The summed E-state index contributed by atoms with van der Waals surface area (Å²) in [6, 6.07) is 6.72. The highest BCUT2D eigenvalue weighted by atomic mass is 32.2. The molecule has 2 rings (SSSR count). The lowest BCUT2D eigenvalue weighted by molar-refractivity contribution is 0.277. The second kappa shape index (κ2) is 6.03. The minimum atomic E-state index is -3.50. The molecule has 1 heterocycles. The molecule has 0 saturated carbocycles. The normalized spacial score (nSPS) is 22.1. The summed E-state index contributed by atoms with van der Waals surface area (Å²) in [5.74, 6) is 0. The van der Waals surface area contributed by atoms with Crippen LogP contribution >= 0.6 is 0 Å². The first kappa shape index (κ1) is 14.5. The van der Waals surface area contributed by atoms with Crippen LogP contribution in [-0.2, 0) is 16.6 Å². The second-order valence-electron chi connectivity index (χ2n) is 5.08. The smallest absolute Gasteiger partial charge is 0.243 e. The van der Waals surface area contributed by atoms with Gasteiger partial charge in [-0.3, -0.25) is 0 Å². The molecule has 1 atom stereocenters. The molecule has 19 heavy (non-hydrogen) atoms. The number of hydrogen-bond acceptors (Lipinski definition) is 3. The Kier molecular flexibility index (Phi) is 4.60. The first-order chi connectivity index (χ1) is 9.07. The first-order valence-electron chi connectivity index (χ1n) is 6.78. The maximum Gasteiger partial charge on any atom is 0.243 e. The molecule has 1 fully saturated rings. The van der Waals surface area contributed by atoms with Crippen LogP contribution in [-0.4, -0.2) is 30.4 Å². The Bertz CT molecular complexity index is 527. The molecule has 1 aliphatic heterocycles. The molecule has 0 spiro atoms. The number of benzene rings is 1. The molecular weight excluding hydrogens is 262 g/mol. The third-order valence-corrected chi connectivity index (χ3v) is 5.84. The van der Waals surface area contributed by atoms with Crippen LogP contribution in [0.25, 0.3) is 0 Å². The van der Waals surface area contributed by atoms with Crippen molar-refractivity contribution in [3.8, 4) is 0 Å². The van der Waals surface area contributed by atoms with E-state index in [-0.39, 0.29) is 17.5 Å². The van der Waals surface area contributed by atoms with Gasteiger partial charge < -0.3 is 5.11 Å². The third kappa shape index (κ3) is 2.99. The van der Waals surface area contributed by atoms with E-state index in [1.54, 1.807) is 28.6 Å². The van der Waals surface area contributed by atoms with Crippen molar-refractivity contribution in [3.05, 3.63) is 29.8 Å². The van der Waals surface area contributed by atoms with E-state index in [0.29, 0.717) is 12.1 Å². The van der Waals surface area contributed by atoms with Crippen LogP contribution in [0.15, 0.2) is 29.2 Å². The molecule has 0 amide bonds. The quantitative estimate of drug-likeness (QED) is 0.924. The van der Waals surface area contributed by atoms with Gasteiger partial charge in [0, 0.05) is 12.6 Å². The highest BCUT2D eigenvalue weighted by molar-refractivity contribution is 7.89. The van der Waals surface area contributed by atoms with Crippen LogP contribution in [0.4, 0.5) is 0 Å². The summed E-state index contributed by atoms with van der Waals surface area (Å²) < 4.78 is 27.1. The standard InChI is InChI=1S/C14H21NO3S/c1-12-7-3-2-6-10-15(12)19(17,18)14-9-5-4-8-13(14)11-16/h4-5,8-9,12,16H,2-3,6-7,10-11H2,1H3. The van der Waals surface area contributed by atoms with Gasteiger partial charge in [0.2, 0.25) is 10.0 Å². The average Bonchev–Trinajstić information content (AvgIpc) is 2.63.